The van der Waals surface area contributed by atoms with Crippen LogP contribution in [0, 0.1) is 5.82 Å². The zero-order chi connectivity index (χ0) is 21.4. The lowest BCUT2D eigenvalue weighted by Crippen LogP contribution is -2.10. The van der Waals surface area contributed by atoms with E-state index >= 15 is 0 Å². The first-order valence-corrected chi connectivity index (χ1v) is 9.55. The Morgan fingerprint density at radius 1 is 0.839 bits per heavy atom. The smallest absolute Gasteiger partial charge is 0.248 e. The second kappa shape index (κ2) is 7.46. The molecule has 0 unspecified atom stereocenters. The minimum absolute atomic E-state index is 0.300. The summed E-state index contributed by atoms with van der Waals surface area (Å²) in [6.07, 6.45) is 5.12. The molecule has 2 aromatic carbocycles. The third-order valence-electron chi connectivity index (χ3n) is 5.02. The van der Waals surface area contributed by atoms with Crippen LogP contribution in [-0.4, -0.2) is 25.5 Å². The standard InChI is InChI=1S/C24H16FN5O/c25-20-6-2-3-15(10-20)19-12-23-28-14-22(30(23)29-13-19)17-7-8-27-21(11-17)16-4-1-5-18(9-16)24(26)31/h1-14H,(H2,26,31). The van der Waals surface area contributed by atoms with E-state index in [-0.39, 0.29) is 5.82 Å². The number of fused-ring (bicyclic) bond motifs is 1. The van der Waals surface area contributed by atoms with Crippen molar-refractivity contribution in [3.05, 3.63) is 96.7 Å². The van der Waals surface area contributed by atoms with E-state index in [1.807, 2.05) is 30.3 Å². The van der Waals surface area contributed by atoms with Crippen LogP contribution in [0.25, 0.3) is 39.3 Å². The number of carbonyl (C=O) groups excluding carboxylic acids is 1. The molecule has 0 atom stereocenters. The molecular formula is C24H16FN5O. The topological polar surface area (TPSA) is 86.2 Å². The summed E-state index contributed by atoms with van der Waals surface area (Å²) in [6.45, 7) is 0. The van der Waals surface area contributed by atoms with Crippen LogP contribution >= 0.6 is 0 Å². The van der Waals surface area contributed by atoms with Crippen molar-refractivity contribution in [2.75, 3.05) is 0 Å². The second-order valence-electron chi connectivity index (χ2n) is 7.04. The molecule has 2 N–H and O–H groups in total. The first-order valence-electron chi connectivity index (χ1n) is 9.55. The fourth-order valence-electron chi connectivity index (χ4n) is 3.48. The van der Waals surface area contributed by atoms with Gasteiger partial charge in [0.15, 0.2) is 5.65 Å². The van der Waals surface area contributed by atoms with Gasteiger partial charge in [0.25, 0.3) is 0 Å². The molecule has 0 radical (unpaired) electrons. The number of aromatic nitrogens is 4. The lowest BCUT2D eigenvalue weighted by atomic mass is 10.0. The van der Waals surface area contributed by atoms with Crippen LogP contribution in [0.4, 0.5) is 4.39 Å². The summed E-state index contributed by atoms with van der Waals surface area (Å²) >= 11 is 0. The summed E-state index contributed by atoms with van der Waals surface area (Å²) in [4.78, 5) is 20.4. The molecule has 3 heterocycles. The van der Waals surface area contributed by atoms with Gasteiger partial charge in [-0.15, -0.1) is 0 Å². The number of imidazole rings is 1. The molecule has 0 aliphatic heterocycles. The average molecular weight is 409 g/mol. The molecular weight excluding hydrogens is 393 g/mol. The van der Waals surface area contributed by atoms with Crippen molar-refractivity contribution < 1.29 is 9.18 Å². The molecule has 0 saturated heterocycles. The highest BCUT2D eigenvalue weighted by Gasteiger charge is 2.11. The number of hydrogen-bond donors (Lipinski definition) is 1. The summed E-state index contributed by atoms with van der Waals surface area (Å²) < 4.78 is 15.3. The van der Waals surface area contributed by atoms with Gasteiger partial charge in [0.2, 0.25) is 5.91 Å². The molecule has 5 aromatic rings. The molecule has 3 aromatic heterocycles. The molecule has 7 heteroatoms. The van der Waals surface area contributed by atoms with E-state index in [1.54, 1.807) is 47.4 Å². The van der Waals surface area contributed by atoms with Gasteiger partial charge in [-0.25, -0.2) is 13.9 Å². The maximum Gasteiger partial charge on any atom is 0.248 e. The molecule has 5 rings (SSSR count). The van der Waals surface area contributed by atoms with Crippen molar-refractivity contribution >= 4 is 11.6 Å². The number of benzene rings is 2. The second-order valence-corrected chi connectivity index (χ2v) is 7.04. The van der Waals surface area contributed by atoms with Crippen LogP contribution < -0.4 is 5.73 Å². The summed E-state index contributed by atoms with van der Waals surface area (Å²) in [5, 5.41) is 4.51. The summed E-state index contributed by atoms with van der Waals surface area (Å²) in [5.74, 6) is -0.788. The fraction of sp³-hybridized carbons (Fsp3) is 0. The van der Waals surface area contributed by atoms with Crippen LogP contribution in [0.15, 0.2) is 85.3 Å². The normalized spacial score (nSPS) is 11.0. The van der Waals surface area contributed by atoms with E-state index in [0.29, 0.717) is 16.9 Å². The molecule has 0 bridgehead atoms. The van der Waals surface area contributed by atoms with Gasteiger partial charge >= 0.3 is 0 Å². The van der Waals surface area contributed by atoms with E-state index in [2.05, 4.69) is 15.1 Å². The SMILES string of the molecule is NC(=O)c1cccc(-c2cc(-c3cnc4cc(-c5cccc(F)c5)cnn34)ccn2)c1. The van der Waals surface area contributed by atoms with Gasteiger partial charge in [-0.05, 0) is 48.0 Å². The van der Waals surface area contributed by atoms with Gasteiger partial charge < -0.3 is 5.73 Å². The molecule has 0 spiro atoms. The number of hydrogen-bond acceptors (Lipinski definition) is 4. The minimum atomic E-state index is -0.488. The fourth-order valence-corrected chi connectivity index (χ4v) is 3.48. The third-order valence-corrected chi connectivity index (χ3v) is 5.02. The zero-order valence-electron chi connectivity index (χ0n) is 16.2. The molecule has 0 aliphatic rings. The Morgan fingerprint density at radius 2 is 1.68 bits per heavy atom. The Hall–Kier alpha value is -4.39. The van der Waals surface area contributed by atoms with Gasteiger partial charge in [0.1, 0.15) is 5.82 Å². The van der Waals surface area contributed by atoms with E-state index in [9.17, 15) is 9.18 Å². The number of primary amides is 1. The number of halogens is 1. The van der Waals surface area contributed by atoms with Crippen molar-refractivity contribution in [3.63, 3.8) is 0 Å². The molecule has 1 amide bonds. The van der Waals surface area contributed by atoms with Crippen molar-refractivity contribution in [1.29, 1.82) is 0 Å². The number of carbonyl (C=O) groups is 1. The van der Waals surface area contributed by atoms with Crippen molar-refractivity contribution in [2.45, 2.75) is 0 Å². The predicted octanol–water partition coefficient (Wildman–Crippen LogP) is 4.36. The van der Waals surface area contributed by atoms with Crippen LogP contribution in [0.3, 0.4) is 0 Å². The molecule has 150 valence electrons. The average Bonchev–Trinajstić information content (AvgIpc) is 3.22. The number of nitrogens with two attached hydrogens (primary N) is 1. The van der Waals surface area contributed by atoms with Crippen LogP contribution in [-0.2, 0) is 0 Å². The van der Waals surface area contributed by atoms with Crippen molar-refractivity contribution in [1.82, 2.24) is 19.6 Å². The minimum Gasteiger partial charge on any atom is -0.366 e. The van der Waals surface area contributed by atoms with Gasteiger partial charge in [-0.2, -0.15) is 5.10 Å². The largest absolute Gasteiger partial charge is 0.366 e. The van der Waals surface area contributed by atoms with E-state index in [1.165, 1.54) is 12.1 Å². The zero-order valence-corrected chi connectivity index (χ0v) is 16.2. The van der Waals surface area contributed by atoms with Crippen molar-refractivity contribution in [2.24, 2.45) is 5.73 Å². The molecule has 6 nitrogen and oxygen atoms in total. The Balaban J connectivity index is 1.55. The van der Waals surface area contributed by atoms with Gasteiger partial charge in [0, 0.05) is 28.5 Å². The molecule has 0 aliphatic carbocycles. The summed E-state index contributed by atoms with van der Waals surface area (Å²) in [6, 6.07) is 19.0. The lowest BCUT2D eigenvalue weighted by molar-refractivity contribution is 0.100. The maximum atomic E-state index is 13.6. The Bertz CT molecular complexity index is 1440. The van der Waals surface area contributed by atoms with Crippen LogP contribution in [0.5, 0.6) is 0 Å². The first kappa shape index (κ1) is 18.6. The van der Waals surface area contributed by atoms with Gasteiger partial charge in [-0.1, -0.05) is 24.3 Å². The highest BCUT2D eigenvalue weighted by atomic mass is 19.1. The lowest BCUT2D eigenvalue weighted by Gasteiger charge is -2.07. The van der Waals surface area contributed by atoms with E-state index in [0.717, 1.165) is 27.9 Å². The Labute approximate surface area is 176 Å². The highest BCUT2D eigenvalue weighted by Crippen LogP contribution is 2.27. The Morgan fingerprint density at radius 3 is 2.52 bits per heavy atom. The van der Waals surface area contributed by atoms with Crippen molar-refractivity contribution in [3.8, 4) is 33.6 Å². The summed E-state index contributed by atoms with van der Waals surface area (Å²) in [5.41, 5.74) is 11.1. The molecule has 0 fully saturated rings. The third kappa shape index (κ3) is 3.53. The van der Waals surface area contributed by atoms with Crippen LogP contribution in [0.2, 0.25) is 0 Å². The molecule has 31 heavy (non-hydrogen) atoms. The monoisotopic (exact) mass is 409 g/mol. The van der Waals surface area contributed by atoms with Gasteiger partial charge in [0.05, 0.1) is 23.8 Å². The van der Waals surface area contributed by atoms with E-state index in [4.69, 9.17) is 5.73 Å². The Kier molecular flexibility index (Phi) is 4.48. The highest BCUT2D eigenvalue weighted by molar-refractivity contribution is 5.94. The predicted molar refractivity (Wildman–Crippen MR) is 116 cm³/mol. The quantitative estimate of drug-likeness (QED) is 0.478. The number of rotatable bonds is 4. The van der Waals surface area contributed by atoms with Crippen LogP contribution in [0.1, 0.15) is 10.4 Å². The first-order chi connectivity index (χ1) is 15.1. The van der Waals surface area contributed by atoms with Gasteiger partial charge in [-0.3, -0.25) is 9.78 Å². The number of pyridine rings is 1. The molecule has 0 saturated carbocycles. The maximum absolute atomic E-state index is 13.6. The number of nitrogens with zero attached hydrogens (tertiary/aromatic N) is 4. The number of amides is 1. The van der Waals surface area contributed by atoms with E-state index < -0.39 is 5.91 Å². The summed E-state index contributed by atoms with van der Waals surface area (Å²) in [7, 11) is 0.